The Balaban J connectivity index is 1.57. The van der Waals surface area contributed by atoms with E-state index < -0.39 is 0 Å². The lowest BCUT2D eigenvalue weighted by Crippen LogP contribution is -2.24. The van der Waals surface area contributed by atoms with Crippen LogP contribution < -0.4 is 5.32 Å². The van der Waals surface area contributed by atoms with Gasteiger partial charge >= 0.3 is 5.97 Å². The summed E-state index contributed by atoms with van der Waals surface area (Å²) in [6, 6.07) is 16.7. The summed E-state index contributed by atoms with van der Waals surface area (Å²) in [6.07, 6.45) is 1.78. The number of hydrogen-bond acceptors (Lipinski definition) is 6. The van der Waals surface area contributed by atoms with Crippen LogP contribution in [0.5, 0.6) is 0 Å². The number of nitrogens with zero attached hydrogens (tertiary/aromatic N) is 3. The van der Waals surface area contributed by atoms with Crippen LogP contribution in [0.4, 0.5) is 0 Å². The summed E-state index contributed by atoms with van der Waals surface area (Å²) in [5.74, 6) is 0.445. The van der Waals surface area contributed by atoms with Crippen molar-refractivity contribution in [1.29, 1.82) is 0 Å². The average Bonchev–Trinajstić information content (AvgIpc) is 3.19. The van der Waals surface area contributed by atoms with Gasteiger partial charge in [0.15, 0.2) is 11.0 Å². The molecule has 0 radical (unpaired) electrons. The van der Waals surface area contributed by atoms with Gasteiger partial charge in [-0.15, -0.1) is 16.8 Å². The fourth-order valence-electron chi connectivity index (χ4n) is 2.75. The molecule has 1 heterocycles. The van der Waals surface area contributed by atoms with Crippen LogP contribution in [-0.4, -0.2) is 39.5 Å². The average molecular weight is 423 g/mol. The van der Waals surface area contributed by atoms with Gasteiger partial charge in [-0.25, -0.2) is 4.79 Å². The lowest BCUT2D eigenvalue weighted by Gasteiger charge is -2.08. The molecule has 154 valence electrons. The summed E-state index contributed by atoms with van der Waals surface area (Å²) in [5.41, 5.74) is 2.32. The summed E-state index contributed by atoms with van der Waals surface area (Å²) in [7, 11) is 1.34. The van der Waals surface area contributed by atoms with E-state index in [1.165, 1.54) is 18.9 Å². The molecular weight excluding hydrogens is 400 g/mol. The van der Waals surface area contributed by atoms with Crippen LogP contribution in [0, 0.1) is 0 Å². The zero-order valence-corrected chi connectivity index (χ0v) is 17.4. The number of thioether (sulfide) groups is 1. The second-order valence-corrected chi connectivity index (χ2v) is 7.27. The SMILES string of the molecule is C=CCn1c(SCC(=O)NCc2ccc(C(=O)OC)cc2)nnc1-c1ccccc1. The van der Waals surface area contributed by atoms with Gasteiger partial charge in [-0.3, -0.25) is 9.36 Å². The van der Waals surface area contributed by atoms with E-state index in [-0.39, 0.29) is 17.6 Å². The lowest BCUT2D eigenvalue weighted by molar-refractivity contribution is -0.118. The molecule has 7 nitrogen and oxygen atoms in total. The van der Waals surface area contributed by atoms with Crippen molar-refractivity contribution < 1.29 is 14.3 Å². The molecule has 3 aromatic rings. The van der Waals surface area contributed by atoms with Gasteiger partial charge in [0, 0.05) is 18.7 Å². The largest absolute Gasteiger partial charge is 0.465 e. The predicted octanol–water partition coefficient (Wildman–Crippen LogP) is 3.33. The van der Waals surface area contributed by atoms with E-state index in [4.69, 9.17) is 0 Å². The Hall–Kier alpha value is -3.39. The molecule has 0 bridgehead atoms. The molecule has 3 rings (SSSR count). The topological polar surface area (TPSA) is 86.1 Å². The highest BCUT2D eigenvalue weighted by Gasteiger charge is 2.14. The van der Waals surface area contributed by atoms with Gasteiger partial charge in [0.1, 0.15) is 0 Å². The predicted molar refractivity (Wildman–Crippen MR) is 116 cm³/mol. The number of benzene rings is 2. The second kappa shape index (κ2) is 10.4. The maximum absolute atomic E-state index is 12.3. The molecule has 0 aliphatic heterocycles. The Kier molecular flexibility index (Phi) is 7.40. The van der Waals surface area contributed by atoms with E-state index in [1.807, 2.05) is 34.9 Å². The Morgan fingerprint density at radius 3 is 2.53 bits per heavy atom. The van der Waals surface area contributed by atoms with Crippen molar-refractivity contribution >= 4 is 23.6 Å². The van der Waals surface area contributed by atoms with E-state index >= 15 is 0 Å². The molecule has 2 aromatic carbocycles. The number of esters is 1. The molecular formula is C22H22N4O3S. The Morgan fingerprint density at radius 1 is 1.13 bits per heavy atom. The molecule has 0 saturated carbocycles. The number of ether oxygens (including phenoxy) is 1. The molecule has 0 aliphatic carbocycles. The first-order valence-corrected chi connectivity index (χ1v) is 10.3. The number of hydrogen-bond donors (Lipinski definition) is 1. The van der Waals surface area contributed by atoms with E-state index in [0.717, 1.165) is 17.0 Å². The van der Waals surface area contributed by atoms with Gasteiger partial charge in [-0.1, -0.05) is 60.3 Å². The number of amides is 1. The maximum atomic E-state index is 12.3. The number of carbonyl (C=O) groups is 2. The summed E-state index contributed by atoms with van der Waals surface area (Å²) >= 11 is 1.32. The van der Waals surface area contributed by atoms with Gasteiger partial charge < -0.3 is 10.1 Å². The first-order chi connectivity index (χ1) is 14.6. The zero-order valence-electron chi connectivity index (χ0n) is 16.6. The first-order valence-electron chi connectivity index (χ1n) is 9.28. The fraction of sp³-hybridized carbons (Fsp3) is 0.182. The molecule has 0 atom stereocenters. The number of carbonyl (C=O) groups excluding carboxylic acids is 2. The monoisotopic (exact) mass is 422 g/mol. The molecule has 1 N–H and O–H groups in total. The summed E-state index contributed by atoms with van der Waals surface area (Å²) in [4.78, 5) is 23.7. The third-order valence-electron chi connectivity index (χ3n) is 4.26. The van der Waals surface area contributed by atoms with Crippen LogP contribution in [0.3, 0.4) is 0 Å². The van der Waals surface area contributed by atoms with Crippen molar-refractivity contribution in [2.75, 3.05) is 12.9 Å². The third-order valence-corrected chi connectivity index (χ3v) is 5.22. The number of nitrogens with one attached hydrogen (secondary N) is 1. The van der Waals surface area contributed by atoms with Gasteiger partial charge in [0.25, 0.3) is 0 Å². The highest BCUT2D eigenvalue weighted by atomic mass is 32.2. The highest BCUT2D eigenvalue weighted by Crippen LogP contribution is 2.23. The standard InChI is InChI=1S/C22H22N4O3S/c1-3-13-26-20(17-7-5-4-6-8-17)24-25-22(26)30-15-19(27)23-14-16-9-11-18(12-10-16)21(28)29-2/h3-12H,1,13-15H2,2H3,(H,23,27). The van der Waals surface area contributed by atoms with Crippen molar-refractivity contribution in [2.45, 2.75) is 18.2 Å². The number of rotatable bonds is 9. The van der Waals surface area contributed by atoms with Gasteiger partial charge in [0.2, 0.25) is 5.91 Å². The Bertz CT molecular complexity index is 1020. The fourth-order valence-corrected chi connectivity index (χ4v) is 3.53. The summed E-state index contributed by atoms with van der Waals surface area (Å²) in [6.45, 7) is 4.72. The quantitative estimate of drug-likeness (QED) is 0.323. The van der Waals surface area contributed by atoms with Crippen LogP contribution in [0.15, 0.2) is 72.4 Å². The Morgan fingerprint density at radius 2 is 1.87 bits per heavy atom. The molecule has 1 amide bonds. The molecule has 0 saturated heterocycles. The van der Waals surface area contributed by atoms with E-state index in [0.29, 0.717) is 23.8 Å². The van der Waals surface area contributed by atoms with Gasteiger partial charge in [-0.05, 0) is 17.7 Å². The first kappa shape index (κ1) is 21.3. The summed E-state index contributed by atoms with van der Waals surface area (Å²) in [5, 5.41) is 12.0. The van der Waals surface area contributed by atoms with Crippen LogP contribution in [0.25, 0.3) is 11.4 Å². The smallest absolute Gasteiger partial charge is 0.337 e. The second-order valence-electron chi connectivity index (χ2n) is 6.33. The molecule has 30 heavy (non-hydrogen) atoms. The minimum Gasteiger partial charge on any atom is -0.465 e. The summed E-state index contributed by atoms with van der Waals surface area (Å²) < 4.78 is 6.61. The Labute approximate surface area is 179 Å². The molecule has 0 unspecified atom stereocenters. The van der Waals surface area contributed by atoms with Crippen LogP contribution in [-0.2, 0) is 22.6 Å². The molecule has 0 fully saturated rings. The zero-order chi connectivity index (χ0) is 21.3. The van der Waals surface area contributed by atoms with Crippen LogP contribution in [0.2, 0.25) is 0 Å². The number of aromatic nitrogens is 3. The van der Waals surface area contributed by atoms with Crippen molar-refractivity contribution in [3.8, 4) is 11.4 Å². The molecule has 1 aromatic heterocycles. The van der Waals surface area contributed by atoms with Gasteiger partial charge in [0.05, 0.1) is 18.4 Å². The molecule has 0 spiro atoms. The molecule has 8 heteroatoms. The highest BCUT2D eigenvalue weighted by molar-refractivity contribution is 7.99. The normalized spacial score (nSPS) is 10.4. The molecule has 0 aliphatic rings. The van der Waals surface area contributed by atoms with E-state index in [2.05, 4.69) is 26.8 Å². The third kappa shape index (κ3) is 5.36. The van der Waals surface area contributed by atoms with Crippen molar-refractivity contribution in [3.05, 3.63) is 78.4 Å². The van der Waals surface area contributed by atoms with Crippen molar-refractivity contribution in [1.82, 2.24) is 20.1 Å². The van der Waals surface area contributed by atoms with Crippen molar-refractivity contribution in [3.63, 3.8) is 0 Å². The van der Waals surface area contributed by atoms with E-state index in [9.17, 15) is 9.59 Å². The number of methoxy groups -OCH3 is 1. The van der Waals surface area contributed by atoms with Crippen LogP contribution in [0.1, 0.15) is 15.9 Å². The number of allylic oxidation sites excluding steroid dienone is 1. The lowest BCUT2D eigenvalue weighted by atomic mass is 10.1. The van der Waals surface area contributed by atoms with E-state index in [1.54, 1.807) is 30.3 Å². The minimum absolute atomic E-state index is 0.119. The maximum Gasteiger partial charge on any atom is 0.337 e. The van der Waals surface area contributed by atoms with Crippen molar-refractivity contribution in [2.24, 2.45) is 0 Å². The van der Waals surface area contributed by atoms with Gasteiger partial charge in [-0.2, -0.15) is 0 Å². The minimum atomic E-state index is -0.388. The van der Waals surface area contributed by atoms with Crippen LogP contribution >= 0.6 is 11.8 Å².